The van der Waals surface area contributed by atoms with Gasteiger partial charge in [0.1, 0.15) is 0 Å². The third-order valence-corrected chi connectivity index (χ3v) is 4.59. The fourth-order valence-electron chi connectivity index (χ4n) is 2.25. The van der Waals surface area contributed by atoms with E-state index in [1.807, 2.05) is 25.6 Å². The van der Waals surface area contributed by atoms with Gasteiger partial charge in [-0.05, 0) is 32.4 Å². The molecule has 0 aromatic heterocycles. The first kappa shape index (κ1) is 11.3. The molecule has 2 saturated heterocycles. The van der Waals surface area contributed by atoms with Gasteiger partial charge in [0.15, 0.2) is 0 Å². The summed E-state index contributed by atoms with van der Waals surface area (Å²) in [6, 6.07) is 0. The second-order valence-electron chi connectivity index (χ2n) is 5.03. The SMILES string of the molecule is CC1(C)CNCCN(C2CCCS2)C1=O. The fourth-order valence-corrected chi connectivity index (χ4v) is 3.57. The van der Waals surface area contributed by atoms with Crippen molar-refractivity contribution in [2.75, 3.05) is 25.4 Å². The maximum Gasteiger partial charge on any atom is 0.230 e. The number of thioether (sulfide) groups is 1. The topological polar surface area (TPSA) is 32.3 Å². The zero-order valence-corrected chi connectivity index (χ0v) is 10.4. The van der Waals surface area contributed by atoms with E-state index < -0.39 is 0 Å². The number of carbonyl (C=O) groups is 1. The fraction of sp³-hybridized carbons (Fsp3) is 0.909. The van der Waals surface area contributed by atoms with Crippen LogP contribution < -0.4 is 5.32 Å². The van der Waals surface area contributed by atoms with E-state index in [4.69, 9.17) is 0 Å². The predicted octanol–water partition coefficient (Wildman–Crippen LogP) is 1.30. The van der Waals surface area contributed by atoms with Crippen LogP contribution in [-0.2, 0) is 4.79 Å². The molecular formula is C11H20N2OS. The van der Waals surface area contributed by atoms with Gasteiger partial charge in [-0.1, -0.05) is 0 Å². The molecule has 0 bridgehead atoms. The Labute approximate surface area is 96.0 Å². The molecule has 15 heavy (non-hydrogen) atoms. The molecule has 0 aromatic rings. The standard InChI is InChI=1S/C11H20N2OS/c1-11(2)8-12-5-6-13(10(11)14)9-4-3-7-15-9/h9,12H,3-8H2,1-2H3. The summed E-state index contributed by atoms with van der Waals surface area (Å²) in [5.41, 5.74) is -0.236. The summed E-state index contributed by atoms with van der Waals surface area (Å²) in [5.74, 6) is 1.54. The number of rotatable bonds is 1. The number of carbonyl (C=O) groups excluding carboxylic acids is 1. The van der Waals surface area contributed by atoms with Crippen LogP contribution in [0.15, 0.2) is 0 Å². The van der Waals surface area contributed by atoms with Crippen LogP contribution in [0.4, 0.5) is 0 Å². The molecule has 0 spiro atoms. The van der Waals surface area contributed by atoms with Gasteiger partial charge in [0, 0.05) is 19.6 Å². The Kier molecular flexibility index (Phi) is 3.26. The Morgan fingerprint density at radius 3 is 3.00 bits per heavy atom. The minimum Gasteiger partial charge on any atom is -0.329 e. The number of nitrogens with zero attached hydrogens (tertiary/aromatic N) is 1. The van der Waals surface area contributed by atoms with Crippen LogP contribution in [0.25, 0.3) is 0 Å². The van der Waals surface area contributed by atoms with Gasteiger partial charge in [-0.25, -0.2) is 0 Å². The number of hydrogen-bond donors (Lipinski definition) is 1. The van der Waals surface area contributed by atoms with Gasteiger partial charge in [-0.15, -0.1) is 11.8 Å². The largest absolute Gasteiger partial charge is 0.329 e. The van der Waals surface area contributed by atoms with Crippen LogP contribution in [0.5, 0.6) is 0 Å². The zero-order chi connectivity index (χ0) is 10.9. The first-order valence-electron chi connectivity index (χ1n) is 5.75. The number of amides is 1. The van der Waals surface area contributed by atoms with Crippen molar-refractivity contribution >= 4 is 17.7 Å². The molecule has 2 heterocycles. The van der Waals surface area contributed by atoms with Gasteiger partial charge in [-0.2, -0.15) is 0 Å². The van der Waals surface area contributed by atoms with E-state index in [9.17, 15) is 4.79 Å². The third kappa shape index (κ3) is 2.31. The summed E-state index contributed by atoms with van der Waals surface area (Å²) in [4.78, 5) is 14.4. The van der Waals surface area contributed by atoms with Crippen LogP contribution in [0.3, 0.4) is 0 Å². The molecule has 4 heteroatoms. The average Bonchev–Trinajstić information content (AvgIpc) is 2.66. The van der Waals surface area contributed by atoms with Gasteiger partial charge in [-0.3, -0.25) is 4.79 Å². The molecule has 3 nitrogen and oxygen atoms in total. The van der Waals surface area contributed by atoms with Crippen molar-refractivity contribution in [3.63, 3.8) is 0 Å². The molecule has 0 radical (unpaired) electrons. The summed E-state index contributed by atoms with van der Waals surface area (Å²) in [6.45, 7) is 6.70. The summed E-state index contributed by atoms with van der Waals surface area (Å²) in [5, 5.41) is 3.79. The lowest BCUT2D eigenvalue weighted by molar-refractivity contribution is -0.139. The van der Waals surface area contributed by atoms with Crippen molar-refractivity contribution in [2.24, 2.45) is 5.41 Å². The minimum atomic E-state index is -0.236. The lowest BCUT2D eigenvalue weighted by Gasteiger charge is -2.32. The highest BCUT2D eigenvalue weighted by Crippen LogP contribution is 2.32. The molecule has 1 unspecified atom stereocenters. The second-order valence-corrected chi connectivity index (χ2v) is 6.31. The van der Waals surface area contributed by atoms with Crippen LogP contribution in [0.1, 0.15) is 26.7 Å². The molecule has 1 atom stereocenters. The number of hydrogen-bond acceptors (Lipinski definition) is 3. The third-order valence-electron chi connectivity index (χ3n) is 3.19. The van der Waals surface area contributed by atoms with E-state index in [0.29, 0.717) is 11.3 Å². The van der Waals surface area contributed by atoms with Gasteiger partial charge >= 0.3 is 0 Å². The summed E-state index contributed by atoms with van der Waals surface area (Å²) >= 11 is 1.94. The molecular weight excluding hydrogens is 208 g/mol. The molecule has 2 rings (SSSR count). The van der Waals surface area contributed by atoms with E-state index in [1.54, 1.807) is 0 Å². The van der Waals surface area contributed by atoms with Crippen molar-refractivity contribution in [1.82, 2.24) is 10.2 Å². The molecule has 0 aromatic carbocycles. The van der Waals surface area contributed by atoms with E-state index in [2.05, 4.69) is 10.2 Å². The summed E-state index contributed by atoms with van der Waals surface area (Å²) in [7, 11) is 0. The Hall–Kier alpha value is -0.220. The van der Waals surface area contributed by atoms with E-state index >= 15 is 0 Å². The first-order chi connectivity index (χ1) is 7.11. The predicted molar refractivity (Wildman–Crippen MR) is 63.8 cm³/mol. The maximum atomic E-state index is 12.3. The lowest BCUT2D eigenvalue weighted by Crippen LogP contribution is -2.45. The average molecular weight is 228 g/mol. The molecule has 86 valence electrons. The monoisotopic (exact) mass is 228 g/mol. The summed E-state index contributed by atoms with van der Waals surface area (Å²) in [6.07, 6.45) is 2.43. The smallest absolute Gasteiger partial charge is 0.230 e. The highest BCUT2D eigenvalue weighted by Gasteiger charge is 2.37. The normalized spacial score (nSPS) is 31.7. The van der Waals surface area contributed by atoms with Crippen LogP contribution >= 0.6 is 11.8 Å². The number of nitrogens with one attached hydrogen (secondary N) is 1. The van der Waals surface area contributed by atoms with E-state index in [-0.39, 0.29) is 5.41 Å². The van der Waals surface area contributed by atoms with Crippen LogP contribution in [-0.4, -0.2) is 41.6 Å². The van der Waals surface area contributed by atoms with Crippen molar-refractivity contribution in [3.05, 3.63) is 0 Å². The Morgan fingerprint density at radius 2 is 2.33 bits per heavy atom. The highest BCUT2D eigenvalue weighted by atomic mass is 32.2. The minimum absolute atomic E-state index is 0.236. The summed E-state index contributed by atoms with van der Waals surface area (Å²) < 4.78 is 0. The van der Waals surface area contributed by atoms with Gasteiger partial charge in [0.25, 0.3) is 0 Å². The Balaban J connectivity index is 2.11. The maximum absolute atomic E-state index is 12.3. The quantitative estimate of drug-likeness (QED) is 0.734. The molecule has 0 aliphatic carbocycles. The Bertz CT molecular complexity index is 249. The Morgan fingerprint density at radius 1 is 1.53 bits per heavy atom. The molecule has 2 aliphatic heterocycles. The van der Waals surface area contributed by atoms with Crippen molar-refractivity contribution in [3.8, 4) is 0 Å². The van der Waals surface area contributed by atoms with Crippen LogP contribution in [0, 0.1) is 5.41 Å². The lowest BCUT2D eigenvalue weighted by atomic mass is 9.92. The van der Waals surface area contributed by atoms with Crippen molar-refractivity contribution in [1.29, 1.82) is 0 Å². The molecule has 0 saturated carbocycles. The molecule has 1 N–H and O–H groups in total. The first-order valence-corrected chi connectivity index (χ1v) is 6.79. The van der Waals surface area contributed by atoms with E-state index in [1.165, 1.54) is 18.6 Å². The van der Waals surface area contributed by atoms with Gasteiger partial charge in [0.2, 0.25) is 5.91 Å². The molecule has 1 amide bonds. The van der Waals surface area contributed by atoms with Crippen molar-refractivity contribution < 1.29 is 4.79 Å². The molecule has 2 fully saturated rings. The second kappa shape index (κ2) is 4.34. The van der Waals surface area contributed by atoms with Gasteiger partial charge < -0.3 is 10.2 Å². The highest BCUT2D eigenvalue weighted by molar-refractivity contribution is 8.00. The van der Waals surface area contributed by atoms with Crippen molar-refractivity contribution in [2.45, 2.75) is 32.1 Å². The zero-order valence-electron chi connectivity index (χ0n) is 9.58. The van der Waals surface area contributed by atoms with Crippen LogP contribution in [0.2, 0.25) is 0 Å². The molecule has 2 aliphatic rings. The van der Waals surface area contributed by atoms with E-state index in [0.717, 1.165) is 19.6 Å². The van der Waals surface area contributed by atoms with Gasteiger partial charge in [0.05, 0.1) is 10.8 Å².